The molecule has 1 saturated heterocycles. The maximum atomic E-state index is 10.9. The minimum atomic E-state index is -0.767. The number of carboxylic acids is 1. The number of nitrogens with zero attached hydrogens (tertiary/aromatic N) is 1. The van der Waals surface area contributed by atoms with E-state index in [2.05, 4.69) is 4.90 Å². The van der Waals surface area contributed by atoms with Crippen LogP contribution < -0.4 is 4.74 Å². The molecular formula is C15H21NO4. The molecule has 0 aromatic heterocycles. The quantitative estimate of drug-likeness (QED) is 0.865. The number of aromatic hydroxyl groups is 1. The van der Waals surface area contributed by atoms with Gasteiger partial charge in [-0.2, -0.15) is 0 Å². The second kappa shape index (κ2) is 6.61. The Hall–Kier alpha value is -1.75. The number of phenolic OH excluding ortho intramolecular Hbond substituents is 1. The summed E-state index contributed by atoms with van der Waals surface area (Å²) in [5, 5.41) is 18.9. The third-order valence-electron chi connectivity index (χ3n) is 3.82. The maximum absolute atomic E-state index is 10.9. The molecule has 2 N–H and O–H groups in total. The molecule has 0 aliphatic carbocycles. The lowest BCUT2D eigenvalue weighted by atomic mass is 9.98. The summed E-state index contributed by atoms with van der Waals surface area (Å²) in [5.41, 5.74) is 0.779. The fourth-order valence-electron chi connectivity index (χ4n) is 2.74. The fourth-order valence-corrected chi connectivity index (χ4v) is 2.74. The molecule has 1 atom stereocenters. The van der Waals surface area contributed by atoms with E-state index in [9.17, 15) is 9.90 Å². The summed E-state index contributed by atoms with van der Waals surface area (Å²) >= 11 is 0. The van der Waals surface area contributed by atoms with Crippen LogP contribution in [0.2, 0.25) is 0 Å². The Kier molecular flexibility index (Phi) is 4.84. The van der Waals surface area contributed by atoms with Crippen LogP contribution in [-0.2, 0) is 11.3 Å². The van der Waals surface area contributed by atoms with Gasteiger partial charge in [0.25, 0.3) is 0 Å². The molecule has 1 aromatic rings. The summed E-state index contributed by atoms with van der Waals surface area (Å²) in [6, 6.07) is 5.18. The normalized spacial score (nSPS) is 19.8. The lowest BCUT2D eigenvalue weighted by Gasteiger charge is -2.35. The summed E-state index contributed by atoms with van der Waals surface area (Å²) in [6.45, 7) is 1.43. The Labute approximate surface area is 118 Å². The topological polar surface area (TPSA) is 70.0 Å². The highest BCUT2D eigenvalue weighted by molar-refractivity contribution is 5.67. The van der Waals surface area contributed by atoms with Gasteiger partial charge < -0.3 is 14.9 Å². The zero-order valence-electron chi connectivity index (χ0n) is 11.7. The Morgan fingerprint density at radius 3 is 2.95 bits per heavy atom. The minimum Gasteiger partial charge on any atom is -0.508 e. The number of aliphatic carboxylic acids is 1. The molecule has 1 unspecified atom stereocenters. The number of carboxylic acid groups (broad SMARTS) is 1. The Morgan fingerprint density at radius 2 is 2.25 bits per heavy atom. The largest absolute Gasteiger partial charge is 0.508 e. The van der Waals surface area contributed by atoms with Gasteiger partial charge >= 0.3 is 5.97 Å². The molecule has 0 bridgehead atoms. The van der Waals surface area contributed by atoms with Gasteiger partial charge in [0.1, 0.15) is 11.5 Å². The Balaban J connectivity index is 2.11. The van der Waals surface area contributed by atoms with Gasteiger partial charge in [0.05, 0.1) is 13.5 Å². The first-order valence-corrected chi connectivity index (χ1v) is 6.92. The van der Waals surface area contributed by atoms with Crippen molar-refractivity contribution in [2.75, 3.05) is 13.7 Å². The summed E-state index contributed by atoms with van der Waals surface area (Å²) in [5.74, 6) is 0.159. The van der Waals surface area contributed by atoms with Crippen molar-refractivity contribution in [3.63, 3.8) is 0 Å². The van der Waals surface area contributed by atoms with Crippen molar-refractivity contribution in [2.24, 2.45) is 0 Å². The predicted octanol–water partition coefficient (Wildman–Crippen LogP) is 2.23. The second-order valence-corrected chi connectivity index (χ2v) is 5.21. The average Bonchev–Trinajstić information content (AvgIpc) is 2.43. The van der Waals surface area contributed by atoms with E-state index in [4.69, 9.17) is 9.84 Å². The van der Waals surface area contributed by atoms with Crippen molar-refractivity contribution >= 4 is 5.97 Å². The minimum absolute atomic E-state index is 0.0480. The average molecular weight is 279 g/mol. The number of likely N-dealkylation sites (tertiary alicyclic amines) is 1. The van der Waals surface area contributed by atoms with Gasteiger partial charge in [0.15, 0.2) is 0 Å². The van der Waals surface area contributed by atoms with E-state index in [-0.39, 0.29) is 18.2 Å². The first-order valence-electron chi connectivity index (χ1n) is 6.92. The van der Waals surface area contributed by atoms with Gasteiger partial charge in [-0.1, -0.05) is 6.42 Å². The number of benzene rings is 1. The van der Waals surface area contributed by atoms with Crippen molar-refractivity contribution in [3.05, 3.63) is 23.8 Å². The molecule has 1 aliphatic rings. The van der Waals surface area contributed by atoms with Crippen LogP contribution in [0.4, 0.5) is 0 Å². The van der Waals surface area contributed by atoms with Crippen LogP contribution in [0.5, 0.6) is 11.5 Å². The number of piperidine rings is 1. The van der Waals surface area contributed by atoms with Crippen molar-refractivity contribution in [3.8, 4) is 11.5 Å². The van der Waals surface area contributed by atoms with E-state index >= 15 is 0 Å². The molecule has 0 saturated carbocycles. The van der Waals surface area contributed by atoms with Crippen molar-refractivity contribution in [2.45, 2.75) is 38.3 Å². The number of hydrogen-bond donors (Lipinski definition) is 2. The summed E-state index contributed by atoms with van der Waals surface area (Å²) in [6.07, 6.45) is 3.20. The van der Waals surface area contributed by atoms with Gasteiger partial charge in [-0.05, 0) is 37.6 Å². The number of methoxy groups -OCH3 is 1. The lowest BCUT2D eigenvalue weighted by Crippen LogP contribution is -2.40. The van der Waals surface area contributed by atoms with E-state index in [0.717, 1.165) is 31.4 Å². The molecule has 1 aliphatic heterocycles. The van der Waals surface area contributed by atoms with Crippen LogP contribution in [-0.4, -0.2) is 40.8 Å². The van der Waals surface area contributed by atoms with E-state index in [1.54, 1.807) is 19.2 Å². The van der Waals surface area contributed by atoms with Gasteiger partial charge in [0, 0.05) is 18.2 Å². The van der Waals surface area contributed by atoms with Crippen LogP contribution in [0.25, 0.3) is 0 Å². The molecule has 0 spiro atoms. The standard InChI is InChI=1S/C15H21NO4/c1-20-13-5-6-14(17)11(8-13)10-16-7-3-2-4-12(16)9-15(18)19/h5-6,8,12,17H,2-4,7,9-10H2,1H3,(H,18,19). The molecule has 1 fully saturated rings. The Bertz CT molecular complexity index is 475. The highest BCUT2D eigenvalue weighted by Gasteiger charge is 2.25. The molecule has 0 radical (unpaired) electrons. The van der Waals surface area contributed by atoms with Crippen LogP contribution in [0.15, 0.2) is 18.2 Å². The third kappa shape index (κ3) is 3.63. The zero-order valence-corrected chi connectivity index (χ0v) is 11.7. The number of phenols is 1. The molecule has 5 heteroatoms. The van der Waals surface area contributed by atoms with Crippen LogP contribution >= 0.6 is 0 Å². The number of hydrogen-bond acceptors (Lipinski definition) is 4. The molecule has 20 heavy (non-hydrogen) atoms. The van der Waals surface area contributed by atoms with Gasteiger partial charge in [0.2, 0.25) is 0 Å². The Morgan fingerprint density at radius 1 is 1.45 bits per heavy atom. The van der Waals surface area contributed by atoms with Crippen molar-refractivity contribution < 1.29 is 19.7 Å². The van der Waals surface area contributed by atoms with Crippen LogP contribution in [0, 0.1) is 0 Å². The second-order valence-electron chi connectivity index (χ2n) is 5.21. The number of carbonyl (C=O) groups is 1. The fraction of sp³-hybridized carbons (Fsp3) is 0.533. The van der Waals surface area contributed by atoms with E-state index in [1.165, 1.54) is 0 Å². The summed E-state index contributed by atoms with van der Waals surface area (Å²) in [7, 11) is 1.59. The molecular weight excluding hydrogens is 258 g/mol. The van der Waals surface area contributed by atoms with E-state index in [1.807, 2.05) is 6.07 Å². The van der Waals surface area contributed by atoms with Crippen molar-refractivity contribution in [1.82, 2.24) is 4.90 Å². The van der Waals surface area contributed by atoms with Gasteiger partial charge in [-0.15, -0.1) is 0 Å². The highest BCUT2D eigenvalue weighted by Crippen LogP contribution is 2.28. The SMILES string of the molecule is COc1ccc(O)c(CN2CCCCC2CC(=O)O)c1. The molecule has 0 amide bonds. The molecule has 110 valence electrons. The van der Waals surface area contributed by atoms with E-state index < -0.39 is 5.97 Å². The highest BCUT2D eigenvalue weighted by atomic mass is 16.5. The van der Waals surface area contributed by atoms with Gasteiger partial charge in [-0.25, -0.2) is 0 Å². The third-order valence-corrected chi connectivity index (χ3v) is 3.82. The maximum Gasteiger partial charge on any atom is 0.304 e. The van der Waals surface area contributed by atoms with Crippen LogP contribution in [0.1, 0.15) is 31.2 Å². The monoisotopic (exact) mass is 279 g/mol. The van der Waals surface area contributed by atoms with E-state index in [0.29, 0.717) is 12.3 Å². The smallest absolute Gasteiger partial charge is 0.304 e. The first kappa shape index (κ1) is 14.7. The zero-order chi connectivity index (χ0) is 14.5. The first-order chi connectivity index (χ1) is 9.60. The molecule has 1 heterocycles. The summed E-state index contributed by atoms with van der Waals surface area (Å²) < 4.78 is 5.17. The number of rotatable bonds is 5. The number of ether oxygens (including phenoxy) is 1. The van der Waals surface area contributed by atoms with Crippen molar-refractivity contribution in [1.29, 1.82) is 0 Å². The predicted molar refractivity (Wildman–Crippen MR) is 75.0 cm³/mol. The molecule has 2 rings (SSSR count). The van der Waals surface area contributed by atoms with Crippen LogP contribution in [0.3, 0.4) is 0 Å². The van der Waals surface area contributed by atoms with Gasteiger partial charge in [-0.3, -0.25) is 9.69 Å². The lowest BCUT2D eigenvalue weighted by molar-refractivity contribution is -0.138. The summed E-state index contributed by atoms with van der Waals surface area (Å²) in [4.78, 5) is 13.1. The molecule has 5 nitrogen and oxygen atoms in total. The molecule has 1 aromatic carbocycles.